The minimum absolute atomic E-state index is 0.0126. The molecule has 1 aliphatic heterocycles. The molecule has 0 unspecified atom stereocenters. The van der Waals surface area contributed by atoms with Crippen molar-refractivity contribution < 1.29 is 27.8 Å². The molecule has 0 aliphatic carbocycles. The van der Waals surface area contributed by atoms with E-state index in [9.17, 15) is 23.1 Å². The predicted octanol–water partition coefficient (Wildman–Crippen LogP) is 4.77. The molecule has 9 heteroatoms. The van der Waals surface area contributed by atoms with Gasteiger partial charge in [0.05, 0.1) is 23.8 Å². The SMILES string of the molecule is Cn1c(C(C)(C)C)c/c(=N\C(=O)c2cc(C(F)(F)F)ccc2CCC(C)(C)O)n1C[C@H]1CCCO1. The number of amides is 1. The first-order chi connectivity index (χ1) is 16.1. The van der Waals surface area contributed by atoms with Gasteiger partial charge in [-0.1, -0.05) is 26.8 Å². The van der Waals surface area contributed by atoms with E-state index in [-0.39, 0.29) is 29.9 Å². The van der Waals surface area contributed by atoms with Crippen LogP contribution in [0, 0.1) is 0 Å². The Balaban J connectivity index is 2.10. The van der Waals surface area contributed by atoms with Gasteiger partial charge >= 0.3 is 6.18 Å². The predicted molar refractivity (Wildman–Crippen MR) is 127 cm³/mol. The largest absolute Gasteiger partial charge is 0.416 e. The second-order valence-corrected chi connectivity index (χ2v) is 11.0. The highest BCUT2D eigenvalue weighted by Crippen LogP contribution is 2.31. The summed E-state index contributed by atoms with van der Waals surface area (Å²) in [5.41, 5.74) is -0.528. The Hall–Kier alpha value is -2.39. The fraction of sp³-hybridized carbons (Fsp3) is 0.615. The summed E-state index contributed by atoms with van der Waals surface area (Å²) < 4.78 is 49.9. The van der Waals surface area contributed by atoms with Crippen LogP contribution in [0.1, 0.15) is 81.1 Å². The number of ether oxygens (including phenoxy) is 1. The number of nitrogens with zero attached hydrogens (tertiary/aromatic N) is 3. The zero-order valence-electron chi connectivity index (χ0n) is 21.4. The van der Waals surface area contributed by atoms with Crippen LogP contribution in [0.15, 0.2) is 29.3 Å². The lowest BCUT2D eigenvalue weighted by Gasteiger charge is -2.21. The molecule has 1 aromatic heterocycles. The van der Waals surface area contributed by atoms with Gasteiger partial charge in [0.2, 0.25) is 0 Å². The Bertz CT molecular complexity index is 1130. The molecule has 35 heavy (non-hydrogen) atoms. The summed E-state index contributed by atoms with van der Waals surface area (Å²) in [6.07, 6.45) is -2.21. The average Bonchev–Trinajstić information content (AvgIpc) is 3.34. The second-order valence-electron chi connectivity index (χ2n) is 11.0. The van der Waals surface area contributed by atoms with Crippen molar-refractivity contribution in [3.8, 4) is 0 Å². The number of benzene rings is 1. The fourth-order valence-electron chi connectivity index (χ4n) is 4.34. The lowest BCUT2D eigenvalue weighted by Crippen LogP contribution is -2.30. The highest BCUT2D eigenvalue weighted by molar-refractivity contribution is 5.96. The maximum atomic E-state index is 13.4. The summed E-state index contributed by atoms with van der Waals surface area (Å²) in [5, 5.41) is 10.1. The monoisotopic (exact) mass is 495 g/mol. The van der Waals surface area contributed by atoms with E-state index in [4.69, 9.17) is 4.74 Å². The van der Waals surface area contributed by atoms with Crippen LogP contribution in [-0.2, 0) is 36.3 Å². The normalized spacial score (nSPS) is 17.9. The maximum absolute atomic E-state index is 13.4. The third-order valence-corrected chi connectivity index (χ3v) is 6.30. The van der Waals surface area contributed by atoms with Gasteiger partial charge in [0.25, 0.3) is 5.91 Å². The molecule has 1 aliphatic rings. The van der Waals surface area contributed by atoms with Gasteiger partial charge in [-0.2, -0.15) is 18.2 Å². The number of halogens is 3. The smallest absolute Gasteiger partial charge is 0.390 e. The number of aryl methyl sites for hydroxylation is 1. The first-order valence-corrected chi connectivity index (χ1v) is 12.0. The van der Waals surface area contributed by atoms with Crippen molar-refractivity contribution in [1.29, 1.82) is 0 Å². The van der Waals surface area contributed by atoms with Crippen molar-refractivity contribution in [3.63, 3.8) is 0 Å². The number of carbonyl (C=O) groups excluding carboxylic acids is 1. The van der Waals surface area contributed by atoms with Gasteiger partial charge in [-0.15, -0.1) is 0 Å². The Kier molecular flexibility index (Phi) is 7.72. The molecular formula is C26H36F3N3O3. The summed E-state index contributed by atoms with van der Waals surface area (Å²) in [6.45, 7) is 10.6. The van der Waals surface area contributed by atoms with Crippen LogP contribution in [0.3, 0.4) is 0 Å². The minimum atomic E-state index is -4.59. The zero-order valence-corrected chi connectivity index (χ0v) is 21.4. The molecule has 2 heterocycles. The van der Waals surface area contributed by atoms with Crippen molar-refractivity contribution in [3.05, 3.63) is 52.1 Å². The third kappa shape index (κ3) is 6.85. The molecule has 1 fully saturated rings. The van der Waals surface area contributed by atoms with E-state index >= 15 is 0 Å². The van der Waals surface area contributed by atoms with Crippen LogP contribution < -0.4 is 5.49 Å². The van der Waals surface area contributed by atoms with Crippen LogP contribution >= 0.6 is 0 Å². The van der Waals surface area contributed by atoms with E-state index in [1.54, 1.807) is 13.8 Å². The Labute approximate surface area is 204 Å². The number of hydrogen-bond acceptors (Lipinski definition) is 3. The number of aliphatic hydroxyl groups is 1. The average molecular weight is 496 g/mol. The lowest BCUT2D eigenvalue weighted by molar-refractivity contribution is -0.137. The van der Waals surface area contributed by atoms with E-state index < -0.39 is 23.2 Å². The van der Waals surface area contributed by atoms with Crippen LogP contribution in [0.4, 0.5) is 13.2 Å². The van der Waals surface area contributed by atoms with Crippen LogP contribution in [0.2, 0.25) is 0 Å². The molecule has 6 nitrogen and oxygen atoms in total. The van der Waals surface area contributed by atoms with Gasteiger partial charge in [-0.3, -0.25) is 14.2 Å². The standard InChI is InChI=1S/C26H36F3N3O3/c1-24(2,3)21-15-22(32(31(21)6)16-19-8-7-13-35-19)30-23(33)20-14-18(26(27,28)29)10-9-17(20)11-12-25(4,5)34/h9-10,14-15,19,34H,7-8,11-13,16H2,1-6H3/b30-22+/t19-/m1/s1. The summed E-state index contributed by atoms with van der Waals surface area (Å²) in [4.78, 5) is 17.7. The van der Waals surface area contributed by atoms with Crippen LogP contribution in [-0.4, -0.2) is 38.7 Å². The second kappa shape index (κ2) is 9.93. The van der Waals surface area contributed by atoms with E-state index in [2.05, 4.69) is 4.99 Å². The summed E-state index contributed by atoms with van der Waals surface area (Å²) in [7, 11) is 1.89. The van der Waals surface area contributed by atoms with Crippen LogP contribution in [0.5, 0.6) is 0 Å². The topological polar surface area (TPSA) is 68.8 Å². The fourth-order valence-corrected chi connectivity index (χ4v) is 4.34. The van der Waals surface area contributed by atoms with Crippen molar-refractivity contribution in [2.75, 3.05) is 6.61 Å². The quantitative estimate of drug-likeness (QED) is 0.628. The number of carbonyl (C=O) groups is 1. The van der Waals surface area contributed by atoms with Gasteiger partial charge in [-0.25, -0.2) is 0 Å². The summed E-state index contributed by atoms with van der Waals surface area (Å²) in [5.74, 6) is -0.742. The molecule has 3 rings (SSSR count). The molecule has 0 bridgehead atoms. The molecule has 2 aromatic rings. The minimum Gasteiger partial charge on any atom is -0.390 e. The molecule has 1 atom stereocenters. The number of alkyl halides is 3. The molecule has 1 saturated heterocycles. The lowest BCUT2D eigenvalue weighted by atomic mass is 9.92. The van der Waals surface area contributed by atoms with Gasteiger partial charge < -0.3 is 9.84 Å². The number of aromatic nitrogens is 2. The number of rotatable bonds is 6. The van der Waals surface area contributed by atoms with Crippen LogP contribution in [0.25, 0.3) is 0 Å². The molecule has 1 aromatic carbocycles. The van der Waals surface area contributed by atoms with E-state index in [0.29, 0.717) is 24.2 Å². The van der Waals surface area contributed by atoms with Gasteiger partial charge in [0, 0.05) is 36.4 Å². The van der Waals surface area contributed by atoms with E-state index in [0.717, 1.165) is 30.7 Å². The molecular weight excluding hydrogens is 459 g/mol. The Morgan fingerprint density at radius 3 is 2.40 bits per heavy atom. The zero-order chi connectivity index (χ0) is 26.2. The molecule has 0 saturated carbocycles. The summed E-state index contributed by atoms with van der Waals surface area (Å²) in [6, 6.07) is 4.96. The number of hydrogen-bond donors (Lipinski definition) is 1. The molecule has 0 radical (unpaired) electrons. The third-order valence-electron chi connectivity index (χ3n) is 6.30. The van der Waals surface area contributed by atoms with Crippen molar-refractivity contribution in [2.45, 2.75) is 90.1 Å². The Morgan fingerprint density at radius 1 is 1.17 bits per heavy atom. The molecule has 0 spiro atoms. The van der Waals surface area contributed by atoms with E-state index in [1.165, 1.54) is 6.07 Å². The van der Waals surface area contributed by atoms with Crippen molar-refractivity contribution in [2.24, 2.45) is 12.0 Å². The van der Waals surface area contributed by atoms with Gasteiger partial charge in [-0.05, 0) is 57.2 Å². The summed E-state index contributed by atoms with van der Waals surface area (Å²) >= 11 is 0. The molecule has 1 amide bonds. The molecule has 1 N–H and O–H groups in total. The van der Waals surface area contributed by atoms with Crippen molar-refractivity contribution in [1.82, 2.24) is 9.36 Å². The van der Waals surface area contributed by atoms with Gasteiger partial charge in [0.15, 0.2) is 5.49 Å². The van der Waals surface area contributed by atoms with Crippen molar-refractivity contribution >= 4 is 5.91 Å². The highest BCUT2D eigenvalue weighted by atomic mass is 19.4. The Morgan fingerprint density at radius 2 is 1.86 bits per heavy atom. The first kappa shape index (κ1) is 27.2. The van der Waals surface area contributed by atoms with E-state index in [1.807, 2.05) is 43.2 Å². The first-order valence-electron chi connectivity index (χ1n) is 12.0. The van der Waals surface area contributed by atoms with Gasteiger partial charge in [0.1, 0.15) is 0 Å². The maximum Gasteiger partial charge on any atom is 0.416 e. The molecule has 194 valence electrons. The highest BCUT2D eigenvalue weighted by Gasteiger charge is 2.32.